The summed E-state index contributed by atoms with van der Waals surface area (Å²) in [6, 6.07) is 1.32. The maximum Gasteiger partial charge on any atom is 0.472 e. The van der Waals surface area contributed by atoms with Crippen LogP contribution in [0.4, 0.5) is 0 Å². The number of H-pyrrole nitrogens is 1. The average Bonchev–Trinajstić information content (AvgIpc) is 3.34. The summed E-state index contributed by atoms with van der Waals surface area (Å²) in [6.45, 7) is -0.0365. The Balaban J connectivity index is 1.79. The number of aromatic nitrogens is 2. The number of oxime groups is 1. The molecule has 2 heterocycles. The normalized spacial score (nSPS) is 21.2. The molecule has 0 spiro atoms. The zero-order chi connectivity index (χ0) is 30.3. The third-order valence-electron chi connectivity index (χ3n) is 6.10. The average molecular weight is 642 g/mol. The van der Waals surface area contributed by atoms with E-state index in [1.54, 1.807) is 0 Å². The van der Waals surface area contributed by atoms with E-state index in [4.69, 9.17) is 51.7 Å². The van der Waals surface area contributed by atoms with Crippen LogP contribution in [0, 0.1) is 12.8 Å². The van der Waals surface area contributed by atoms with Crippen molar-refractivity contribution in [3.8, 4) is 11.5 Å². The second-order valence-corrected chi connectivity index (χ2v) is 11.2. The number of phenolic OH excluding ortho intramolecular Hbond substituents is 1. The Morgan fingerprint density at radius 1 is 1.32 bits per heavy atom. The van der Waals surface area contributed by atoms with Gasteiger partial charge in [-0.25, -0.2) is 9.36 Å². The molecule has 1 aliphatic heterocycles. The van der Waals surface area contributed by atoms with E-state index in [9.17, 15) is 29.3 Å². The molecule has 1 aromatic heterocycles. The first kappa shape index (κ1) is 33.0. The highest BCUT2D eigenvalue weighted by Crippen LogP contribution is 2.45. The Kier molecular flexibility index (Phi) is 11.8. The summed E-state index contributed by atoms with van der Waals surface area (Å²) in [6.07, 6.45) is -0.448. The molecule has 41 heavy (non-hydrogen) atoms. The van der Waals surface area contributed by atoms with E-state index in [2.05, 4.69) is 10.1 Å². The van der Waals surface area contributed by atoms with Crippen molar-refractivity contribution in [3.05, 3.63) is 54.3 Å². The molecule has 0 amide bonds. The van der Waals surface area contributed by atoms with E-state index in [1.807, 2.05) is 0 Å². The van der Waals surface area contributed by atoms with Crippen LogP contribution >= 0.6 is 31.0 Å². The number of nitrogens with zero attached hydrogens (tertiary/aromatic N) is 2. The molecule has 0 radical (unpaired) electrons. The van der Waals surface area contributed by atoms with Gasteiger partial charge < -0.3 is 34.5 Å². The summed E-state index contributed by atoms with van der Waals surface area (Å²) in [4.78, 5) is 42.0. The number of nitrogens with one attached hydrogen (secondary N) is 1. The molecule has 1 saturated heterocycles. The predicted molar refractivity (Wildman–Crippen MR) is 146 cm³/mol. The van der Waals surface area contributed by atoms with Gasteiger partial charge in [-0.3, -0.25) is 23.4 Å². The minimum atomic E-state index is -4.64. The van der Waals surface area contributed by atoms with Gasteiger partial charge in [-0.2, -0.15) is 0 Å². The van der Waals surface area contributed by atoms with Crippen molar-refractivity contribution < 1.29 is 48.1 Å². The van der Waals surface area contributed by atoms with Crippen LogP contribution in [0.25, 0.3) is 0 Å². The minimum absolute atomic E-state index is 0.00818. The molecule has 1 aliphatic rings. The molecule has 0 aliphatic carbocycles. The first-order chi connectivity index (χ1) is 19.4. The van der Waals surface area contributed by atoms with Crippen LogP contribution in [-0.4, -0.2) is 81.7 Å². The largest absolute Gasteiger partial charge is 0.503 e. The number of hydrogen-bond acceptors (Lipinski definition) is 12. The zero-order valence-electron chi connectivity index (χ0n) is 21.9. The number of aromatic hydroxyl groups is 1. The molecule has 15 nitrogen and oxygen atoms in total. The zero-order valence-corrected chi connectivity index (χ0v) is 24.3. The molecule has 1 aromatic carbocycles. The van der Waals surface area contributed by atoms with Crippen molar-refractivity contribution in [3.63, 3.8) is 0 Å². The second kappa shape index (κ2) is 14.6. The molecule has 1 unspecified atom stereocenters. The maximum atomic E-state index is 12.4. The van der Waals surface area contributed by atoms with E-state index < -0.39 is 50.0 Å². The number of rotatable bonds is 14. The smallest absolute Gasteiger partial charge is 0.472 e. The molecule has 0 bridgehead atoms. The van der Waals surface area contributed by atoms with Crippen molar-refractivity contribution in [1.29, 1.82) is 0 Å². The minimum Gasteiger partial charge on any atom is -0.503 e. The van der Waals surface area contributed by atoms with Crippen molar-refractivity contribution in [2.45, 2.75) is 38.2 Å². The van der Waals surface area contributed by atoms with Crippen LogP contribution in [0.2, 0.25) is 10.0 Å². The lowest BCUT2D eigenvalue weighted by molar-refractivity contribution is -0.0619. The van der Waals surface area contributed by atoms with Gasteiger partial charge in [-0.05, 0) is 13.3 Å². The van der Waals surface area contributed by atoms with Crippen molar-refractivity contribution in [1.82, 2.24) is 9.55 Å². The quantitative estimate of drug-likeness (QED) is 0.113. The lowest BCUT2D eigenvalue weighted by atomic mass is 10.1. The van der Waals surface area contributed by atoms with E-state index in [-0.39, 0.29) is 65.3 Å². The summed E-state index contributed by atoms with van der Waals surface area (Å²) in [5.74, 6) is -0.918. The molecule has 228 valence electrons. The number of phosphoric acid groups is 1. The van der Waals surface area contributed by atoms with Gasteiger partial charge in [0.25, 0.3) is 5.56 Å². The SMILES string of the molecule is COc1cc(Cl)c(/C=N/O[C@@H]2C[C@H](n3cc(C)c(=O)[nH]c3=O)O[C@@H]2COP(=O)(O)OC[C@@H](CO)CCO)c(Cl)c1O. The van der Waals surface area contributed by atoms with Crippen molar-refractivity contribution >= 4 is 37.2 Å². The monoisotopic (exact) mass is 641 g/mol. The molecule has 5 atom stereocenters. The fourth-order valence-corrected chi connectivity index (χ4v) is 5.13. The summed E-state index contributed by atoms with van der Waals surface area (Å²) >= 11 is 12.4. The number of aromatic amines is 1. The van der Waals surface area contributed by atoms with Crippen LogP contribution in [0.3, 0.4) is 0 Å². The van der Waals surface area contributed by atoms with Crippen LogP contribution in [0.5, 0.6) is 11.5 Å². The topological polar surface area (TPSA) is 211 Å². The van der Waals surface area contributed by atoms with E-state index in [0.717, 1.165) is 10.8 Å². The van der Waals surface area contributed by atoms with Gasteiger partial charge in [-0.1, -0.05) is 28.4 Å². The maximum absolute atomic E-state index is 12.4. The summed E-state index contributed by atoms with van der Waals surface area (Å²) < 4.78 is 34.4. The van der Waals surface area contributed by atoms with Crippen molar-refractivity contribution in [2.24, 2.45) is 11.1 Å². The van der Waals surface area contributed by atoms with Crippen LogP contribution < -0.4 is 16.0 Å². The third-order valence-corrected chi connectivity index (χ3v) is 7.74. The number of aliphatic hydroxyl groups is 2. The molecule has 18 heteroatoms. The molecular weight excluding hydrogens is 612 g/mol. The Bertz CT molecular complexity index is 1400. The lowest BCUT2D eigenvalue weighted by Crippen LogP contribution is -2.33. The number of aryl methyl sites for hydroxylation is 1. The van der Waals surface area contributed by atoms with Crippen molar-refractivity contribution in [2.75, 3.05) is 33.5 Å². The highest BCUT2D eigenvalue weighted by Gasteiger charge is 2.40. The highest BCUT2D eigenvalue weighted by atomic mass is 35.5. The van der Waals surface area contributed by atoms with Gasteiger partial charge in [0.1, 0.15) is 12.3 Å². The number of aliphatic hydroxyl groups excluding tert-OH is 2. The van der Waals surface area contributed by atoms with Gasteiger partial charge in [0.05, 0.1) is 36.6 Å². The number of benzene rings is 1. The molecule has 1 fully saturated rings. The highest BCUT2D eigenvalue weighted by molar-refractivity contribution is 7.47. The molecular formula is C23H30Cl2N3O12P. The van der Waals surface area contributed by atoms with E-state index in [0.29, 0.717) is 0 Å². The Morgan fingerprint density at radius 2 is 2.05 bits per heavy atom. The fraction of sp³-hybridized carbons (Fsp3) is 0.522. The Labute approximate surface area is 243 Å². The van der Waals surface area contributed by atoms with Crippen LogP contribution in [-0.2, 0) is 23.2 Å². The summed E-state index contributed by atoms with van der Waals surface area (Å²) in [5, 5.41) is 32.3. The number of halogens is 2. The fourth-order valence-electron chi connectivity index (χ4n) is 3.78. The molecule has 2 aromatic rings. The number of hydrogen-bond donors (Lipinski definition) is 5. The second-order valence-electron chi connectivity index (χ2n) is 8.98. The first-order valence-electron chi connectivity index (χ1n) is 12.2. The van der Waals surface area contributed by atoms with Gasteiger partial charge in [0, 0.05) is 48.9 Å². The number of methoxy groups -OCH3 is 1. The number of phosphoric ester groups is 1. The standard InChI is InChI=1S/C23H30Cl2N3O12P/c1-12-8-28(23(33)27-22(12)32)19-6-16(40-26-7-14-15(24)5-17(36-2)21(31)20(14)25)18(39-19)11-38-41(34,35)37-10-13(9-30)3-4-29/h5,7-8,13,16,18-19,29-31H,3-4,6,9-11H2,1-2H3,(H,34,35)(H,27,32,33)/b26-7+/t13-,16-,18-,19-/m1/s1. The van der Waals surface area contributed by atoms with Gasteiger partial charge >= 0.3 is 13.5 Å². The van der Waals surface area contributed by atoms with Crippen LogP contribution in [0.15, 0.2) is 27.0 Å². The first-order valence-corrected chi connectivity index (χ1v) is 14.4. The van der Waals surface area contributed by atoms with Gasteiger partial charge in [0.15, 0.2) is 17.6 Å². The molecule has 0 saturated carbocycles. The van der Waals surface area contributed by atoms with E-state index >= 15 is 0 Å². The Morgan fingerprint density at radius 3 is 2.71 bits per heavy atom. The number of phenols is 1. The van der Waals surface area contributed by atoms with Crippen LogP contribution in [0.1, 0.15) is 30.2 Å². The summed E-state index contributed by atoms with van der Waals surface area (Å²) in [5.41, 5.74) is -0.978. The number of ether oxygens (including phenoxy) is 2. The van der Waals surface area contributed by atoms with Gasteiger partial charge in [0.2, 0.25) is 0 Å². The third kappa shape index (κ3) is 8.53. The molecule has 3 rings (SSSR count). The van der Waals surface area contributed by atoms with E-state index in [1.165, 1.54) is 26.3 Å². The molecule has 5 N–H and O–H groups in total. The van der Waals surface area contributed by atoms with Gasteiger partial charge in [-0.15, -0.1) is 0 Å². The Hall–Kier alpha value is -2.46. The summed E-state index contributed by atoms with van der Waals surface area (Å²) in [7, 11) is -3.31. The predicted octanol–water partition coefficient (Wildman–Crippen LogP) is 1.70. The lowest BCUT2D eigenvalue weighted by Gasteiger charge is -2.20.